The van der Waals surface area contributed by atoms with Crippen LogP contribution in [0.5, 0.6) is 17.2 Å². The van der Waals surface area contributed by atoms with Gasteiger partial charge in [0.05, 0.1) is 51.8 Å². The van der Waals surface area contributed by atoms with Gasteiger partial charge in [-0.2, -0.15) is 5.10 Å². The Morgan fingerprint density at radius 3 is 2.01 bits per heavy atom. The zero-order valence-electron chi connectivity index (χ0n) is 51.1. The van der Waals surface area contributed by atoms with Gasteiger partial charge in [-0.3, -0.25) is 67.9 Å². The van der Waals surface area contributed by atoms with Crippen molar-refractivity contribution in [2.75, 3.05) is 138 Å². The van der Waals surface area contributed by atoms with Gasteiger partial charge in [-0.25, -0.2) is 4.68 Å². The van der Waals surface area contributed by atoms with Crippen LogP contribution in [-0.2, 0) is 40.2 Å². The quantitative estimate of drug-likeness (QED) is 0.0232. The summed E-state index contributed by atoms with van der Waals surface area (Å²) in [7, 11) is 1.57. The van der Waals surface area contributed by atoms with Gasteiger partial charge >= 0.3 is 17.9 Å². The van der Waals surface area contributed by atoms with Gasteiger partial charge in [0.1, 0.15) is 34.6 Å². The molecule has 28 nitrogen and oxygen atoms in total. The molecule has 4 aromatic rings. The first-order valence-electron chi connectivity index (χ1n) is 30.8. The summed E-state index contributed by atoms with van der Waals surface area (Å²) >= 11 is 1.50. The Labute approximate surface area is 526 Å². The second kappa shape index (κ2) is 33.5. The average molecular weight is 1270 g/mol. The number of aliphatic imine (C=N–C) groups is 1. The fourth-order valence-corrected chi connectivity index (χ4v) is 12.1. The van der Waals surface area contributed by atoms with Crippen LogP contribution in [0, 0.1) is 11.8 Å². The SMILES string of the molecule is COc1cc2c(cc1-c1cncc(OCCCNC(=O)[C@@H](CCCN=C(N)N)CCC(=O)CCNC(=O)CN3CCN(CC(=O)O)CCN(CC(=O)O)CCN(CC(=O)O)CC3)c1)-c1c(c(C(=O)N3CCCN(C(=O)C4CCC4)CC3)nn1-c1cccs1)CO2. The van der Waals surface area contributed by atoms with E-state index in [2.05, 4.69) is 20.6 Å². The number of thiophene rings is 1. The molecule has 8 rings (SSSR count). The number of carboxylic acid groups (broad SMARTS) is 3. The third-order valence-corrected chi connectivity index (χ3v) is 17.4. The number of carbonyl (C=O) groups excluding carboxylic acids is 5. The van der Waals surface area contributed by atoms with Gasteiger partial charge in [0.2, 0.25) is 17.7 Å². The Morgan fingerprint density at radius 1 is 0.744 bits per heavy atom. The van der Waals surface area contributed by atoms with Crippen LogP contribution in [0.3, 0.4) is 0 Å². The molecular weight excluding hydrogens is 1180 g/mol. The second-order valence-electron chi connectivity index (χ2n) is 23.0. The zero-order chi connectivity index (χ0) is 64.1. The molecule has 1 aromatic carbocycles. The minimum absolute atomic E-state index is 0.0104. The molecule has 0 radical (unpaired) electrons. The van der Waals surface area contributed by atoms with Crippen molar-refractivity contribution in [1.82, 2.24) is 54.8 Å². The van der Waals surface area contributed by atoms with E-state index < -0.39 is 23.8 Å². The summed E-state index contributed by atoms with van der Waals surface area (Å²) in [6, 6.07) is 9.50. The first kappa shape index (κ1) is 67.7. The number of guanidine groups is 1. The van der Waals surface area contributed by atoms with Crippen molar-refractivity contribution in [3.8, 4) is 44.6 Å². The summed E-state index contributed by atoms with van der Waals surface area (Å²) in [6.07, 6.45) is 8.56. The lowest BCUT2D eigenvalue weighted by atomic mass is 9.84. The number of methoxy groups -OCH3 is 1. The molecule has 0 spiro atoms. The topological polar surface area (TPSA) is 364 Å². The summed E-state index contributed by atoms with van der Waals surface area (Å²) in [5, 5.41) is 42.1. The lowest BCUT2D eigenvalue weighted by Crippen LogP contribution is -2.49. The largest absolute Gasteiger partial charge is 0.496 e. The number of carboxylic acids is 3. The predicted octanol–water partition coefficient (Wildman–Crippen LogP) is 1.92. The number of rotatable bonds is 29. The lowest BCUT2D eigenvalue weighted by molar-refractivity contribution is -0.140. The lowest BCUT2D eigenvalue weighted by Gasteiger charge is -2.32. The molecule has 3 aromatic heterocycles. The van der Waals surface area contributed by atoms with E-state index in [4.69, 9.17) is 30.8 Å². The van der Waals surface area contributed by atoms with Crippen molar-refractivity contribution in [2.24, 2.45) is 28.3 Å². The van der Waals surface area contributed by atoms with Gasteiger partial charge in [0, 0.05) is 157 Å². The van der Waals surface area contributed by atoms with E-state index in [1.54, 1.807) is 44.0 Å². The molecule has 1 aliphatic carbocycles. The van der Waals surface area contributed by atoms with Crippen molar-refractivity contribution in [2.45, 2.75) is 70.8 Å². The number of pyridine rings is 1. The van der Waals surface area contributed by atoms with E-state index >= 15 is 0 Å². The Bertz CT molecular complexity index is 3140. The van der Waals surface area contributed by atoms with Crippen molar-refractivity contribution >= 4 is 64.6 Å². The van der Waals surface area contributed by atoms with Gasteiger partial charge in [0.25, 0.3) is 5.91 Å². The maximum absolute atomic E-state index is 14.5. The van der Waals surface area contributed by atoms with Crippen LogP contribution in [0.15, 0.2) is 53.1 Å². The number of aromatic nitrogens is 3. The van der Waals surface area contributed by atoms with E-state index in [0.717, 1.165) is 30.0 Å². The molecule has 90 heavy (non-hydrogen) atoms. The highest BCUT2D eigenvalue weighted by Crippen LogP contribution is 2.47. The number of fused-ring (bicyclic) bond motifs is 3. The number of nitrogens with zero attached hydrogens (tertiary/aromatic N) is 10. The monoisotopic (exact) mass is 1270 g/mol. The minimum Gasteiger partial charge on any atom is -0.496 e. The molecule has 3 aliphatic heterocycles. The van der Waals surface area contributed by atoms with Crippen LogP contribution in [0.1, 0.15) is 80.3 Å². The Kier molecular flexibility index (Phi) is 25.2. The molecule has 6 heterocycles. The molecule has 4 aliphatic rings. The molecule has 1 atom stereocenters. The van der Waals surface area contributed by atoms with Crippen LogP contribution in [-0.4, -0.2) is 251 Å². The first-order chi connectivity index (χ1) is 43.4. The number of amides is 4. The number of benzene rings is 1. The number of Topliss-reactive ketones (excluding diaryl/α,β-unsaturated/α-hetero) is 1. The Hall–Kier alpha value is -8.25. The number of nitrogens with one attached hydrogen (secondary N) is 2. The third kappa shape index (κ3) is 19.6. The normalized spacial score (nSPS) is 16.7. The van der Waals surface area contributed by atoms with Crippen LogP contribution < -0.4 is 36.3 Å². The van der Waals surface area contributed by atoms with Crippen LogP contribution in [0.4, 0.5) is 0 Å². The predicted molar refractivity (Wildman–Crippen MR) is 332 cm³/mol. The van der Waals surface area contributed by atoms with Gasteiger partial charge in [-0.1, -0.05) is 6.42 Å². The molecule has 29 heteroatoms. The number of nitrogens with two attached hydrogens (primary N) is 2. The third-order valence-electron chi connectivity index (χ3n) is 16.5. The molecule has 2 saturated heterocycles. The molecule has 4 amide bonds. The number of hydrogen-bond donors (Lipinski definition) is 7. The maximum atomic E-state index is 14.5. The van der Waals surface area contributed by atoms with Crippen molar-refractivity contribution in [3.63, 3.8) is 0 Å². The van der Waals surface area contributed by atoms with Gasteiger partial charge in [-0.05, 0) is 74.6 Å². The molecular formula is C61H84N14O14S. The number of ketones is 1. The molecule has 0 unspecified atom stereocenters. The number of hydrogen-bond acceptors (Lipinski definition) is 19. The Morgan fingerprint density at radius 2 is 1.40 bits per heavy atom. The first-order valence-corrected chi connectivity index (χ1v) is 31.6. The highest BCUT2D eigenvalue weighted by molar-refractivity contribution is 7.12. The van der Waals surface area contributed by atoms with Gasteiger partial charge in [-0.15, -0.1) is 11.3 Å². The summed E-state index contributed by atoms with van der Waals surface area (Å²) in [6.45, 7) is 3.97. The minimum atomic E-state index is -1.06. The maximum Gasteiger partial charge on any atom is 0.317 e. The van der Waals surface area contributed by atoms with Gasteiger partial charge in [0.15, 0.2) is 11.7 Å². The molecule has 0 bridgehead atoms. The fraction of sp³-hybridized carbons (Fsp3) is 0.557. The fourth-order valence-electron chi connectivity index (χ4n) is 11.5. The van der Waals surface area contributed by atoms with E-state index in [1.807, 2.05) is 45.3 Å². The van der Waals surface area contributed by atoms with Crippen molar-refractivity contribution in [1.29, 1.82) is 0 Å². The number of ether oxygens (including phenoxy) is 3. The van der Waals surface area contributed by atoms with Crippen LogP contribution in [0.25, 0.3) is 27.4 Å². The number of carbonyl (C=O) groups is 8. The number of aliphatic carboxylic acids is 3. The van der Waals surface area contributed by atoms with Crippen LogP contribution in [0.2, 0.25) is 0 Å². The van der Waals surface area contributed by atoms with Crippen molar-refractivity contribution in [3.05, 3.63) is 59.4 Å². The summed E-state index contributed by atoms with van der Waals surface area (Å²) < 4.78 is 20.3. The highest BCUT2D eigenvalue weighted by atomic mass is 32.1. The van der Waals surface area contributed by atoms with E-state index in [0.29, 0.717) is 104 Å². The van der Waals surface area contributed by atoms with E-state index in [-0.39, 0.29) is 165 Å². The smallest absolute Gasteiger partial charge is 0.317 e. The zero-order valence-corrected chi connectivity index (χ0v) is 51.9. The summed E-state index contributed by atoms with van der Waals surface area (Å²) in [5.41, 5.74) is 14.9. The summed E-state index contributed by atoms with van der Waals surface area (Å²) in [4.78, 5) is 122. The second-order valence-corrected chi connectivity index (χ2v) is 23.9. The summed E-state index contributed by atoms with van der Waals surface area (Å²) in [5.74, 6) is -2.95. The highest BCUT2D eigenvalue weighted by Gasteiger charge is 2.36. The molecule has 488 valence electrons. The molecule has 1 saturated carbocycles. The molecule has 9 N–H and O–H groups in total. The van der Waals surface area contributed by atoms with Gasteiger partial charge < -0.3 is 61.4 Å². The molecule has 3 fully saturated rings. The standard InChI is InChI=1S/C61H84N14O14S/c1-87-49-33-50-47(57-48(40-89-50)56(68-75(57)52-10-4-30-90-52)60(86)74-18-6-17-73(27-28-74)59(85)42-7-2-8-42)32-46(49)43-31-45(35-64-34-43)88-29-5-15-66-58(84)41(9-3-14-67-61(62)63)11-12-44(76)13-16-65-51(77)36-69-19-21-70(37-53(78)79)23-25-72(39-55(82)83)26-24-71(22-20-69)38-54(80)81/h4,10,30-35,41-42H,2-3,5-9,11-29,36-40H2,1H3,(H,65,77)(H,66,84)(H,78,79)(H,80,81)(H,82,83)(H4,62,63,67)/t41-/m0/s1. The average Bonchev–Trinajstić information content (AvgIpc) is 1.54. The van der Waals surface area contributed by atoms with E-state index in [1.165, 1.54) is 11.3 Å². The Balaban J connectivity index is 0.836. The van der Waals surface area contributed by atoms with E-state index in [9.17, 15) is 53.7 Å². The van der Waals surface area contributed by atoms with Crippen LogP contribution >= 0.6 is 11.3 Å². The van der Waals surface area contributed by atoms with Crippen molar-refractivity contribution < 1.29 is 67.9 Å².